The zero-order valence-corrected chi connectivity index (χ0v) is 19.3. The Morgan fingerprint density at radius 3 is 2.88 bits per heavy atom. The van der Waals surface area contributed by atoms with Crippen LogP contribution in [0.25, 0.3) is 22.1 Å². The summed E-state index contributed by atoms with van der Waals surface area (Å²) >= 11 is 2.76. The Balaban J connectivity index is 1.31. The number of furan rings is 1. The zero-order valence-electron chi connectivity index (χ0n) is 17.6. The molecule has 0 spiro atoms. The van der Waals surface area contributed by atoms with Crippen LogP contribution in [0.15, 0.2) is 74.3 Å². The van der Waals surface area contributed by atoms with Gasteiger partial charge >= 0.3 is 0 Å². The van der Waals surface area contributed by atoms with Gasteiger partial charge in [0.05, 0.1) is 12.3 Å². The Kier molecular flexibility index (Phi) is 5.23. The van der Waals surface area contributed by atoms with Crippen LogP contribution in [-0.4, -0.2) is 28.0 Å². The molecule has 0 saturated heterocycles. The third-order valence-electron chi connectivity index (χ3n) is 5.33. The highest BCUT2D eigenvalue weighted by Gasteiger charge is 2.20. The van der Waals surface area contributed by atoms with Crippen LogP contribution in [0.4, 0.5) is 5.69 Å². The molecule has 34 heavy (non-hydrogen) atoms. The van der Waals surface area contributed by atoms with E-state index in [1.807, 2.05) is 41.8 Å². The van der Waals surface area contributed by atoms with E-state index in [2.05, 4.69) is 5.32 Å². The molecule has 1 amide bonds. The van der Waals surface area contributed by atoms with Gasteiger partial charge in [0.15, 0.2) is 16.7 Å². The monoisotopic (exact) mass is 491 g/mol. The molecule has 4 heterocycles. The molecular formula is C24H17N3O5S2. The number of carbonyl (C=O) groups excluding carboxylic acids is 1. The van der Waals surface area contributed by atoms with E-state index >= 15 is 0 Å². The largest absolute Gasteiger partial charge is 0.454 e. The minimum absolute atomic E-state index is 0.0760. The van der Waals surface area contributed by atoms with E-state index < -0.39 is 0 Å². The lowest BCUT2D eigenvalue weighted by Crippen LogP contribution is -2.24. The summed E-state index contributed by atoms with van der Waals surface area (Å²) in [7, 11) is 0. The number of anilines is 1. The van der Waals surface area contributed by atoms with E-state index in [4.69, 9.17) is 18.9 Å². The number of thioether (sulfide) groups is 1. The van der Waals surface area contributed by atoms with Crippen molar-refractivity contribution in [1.29, 1.82) is 0 Å². The smallest absolute Gasteiger partial charge is 0.298 e. The van der Waals surface area contributed by atoms with Gasteiger partial charge in [0, 0.05) is 22.0 Å². The summed E-state index contributed by atoms with van der Waals surface area (Å²) in [4.78, 5) is 31.8. The highest BCUT2D eigenvalue weighted by molar-refractivity contribution is 7.99. The summed E-state index contributed by atoms with van der Waals surface area (Å²) < 4.78 is 18.1. The molecule has 0 radical (unpaired) electrons. The summed E-state index contributed by atoms with van der Waals surface area (Å²) in [6.45, 7) is 0.518. The van der Waals surface area contributed by atoms with Crippen molar-refractivity contribution in [3.63, 3.8) is 0 Å². The summed E-state index contributed by atoms with van der Waals surface area (Å²) in [5, 5.41) is 6.04. The van der Waals surface area contributed by atoms with Crippen molar-refractivity contribution in [3.8, 4) is 11.5 Å². The molecule has 2 aromatic carbocycles. The minimum Gasteiger partial charge on any atom is -0.454 e. The molecule has 5 aromatic rings. The van der Waals surface area contributed by atoms with Gasteiger partial charge in [-0.1, -0.05) is 30.0 Å². The van der Waals surface area contributed by atoms with E-state index in [1.165, 1.54) is 11.8 Å². The van der Waals surface area contributed by atoms with Crippen LogP contribution < -0.4 is 20.3 Å². The molecule has 0 bridgehead atoms. The zero-order chi connectivity index (χ0) is 23.1. The minimum atomic E-state index is -0.270. The molecule has 1 aliphatic rings. The number of fused-ring (bicyclic) bond motifs is 4. The average molecular weight is 492 g/mol. The number of nitrogens with one attached hydrogen (secondary N) is 1. The topological polar surface area (TPSA) is 95.6 Å². The normalized spacial score (nSPS) is 12.5. The lowest BCUT2D eigenvalue weighted by molar-refractivity contribution is -0.113. The molecule has 0 saturated carbocycles. The van der Waals surface area contributed by atoms with Gasteiger partial charge in [0.2, 0.25) is 18.3 Å². The first-order chi connectivity index (χ1) is 16.7. The number of rotatable bonds is 6. The fraction of sp³-hybridized carbons (Fsp3) is 0.125. The SMILES string of the molecule is O=C(CSc1nc2c(oc3ccccc32)c(=O)n1Cc1cccs1)Nc1ccc2c(c1)OCO2. The fourth-order valence-corrected chi connectivity index (χ4v) is 5.25. The number of hydrogen-bond donors (Lipinski definition) is 1. The Morgan fingerprint density at radius 2 is 2.00 bits per heavy atom. The van der Waals surface area contributed by atoms with Gasteiger partial charge in [-0.15, -0.1) is 11.3 Å². The molecule has 10 heteroatoms. The number of amides is 1. The number of hydrogen-bond acceptors (Lipinski definition) is 8. The molecule has 0 fully saturated rings. The quantitative estimate of drug-likeness (QED) is 0.271. The van der Waals surface area contributed by atoms with Crippen molar-refractivity contribution >= 4 is 56.8 Å². The highest BCUT2D eigenvalue weighted by atomic mass is 32.2. The van der Waals surface area contributed by atoms with E-state index in [-0.39, 0.29) is 29.6 Å². The lowest BCUT2D eigenvalue weighted by Gasteiger charge is -2.11. The predicted molar refractivity (Wildman–Crippen MR) is 131 cm³/mol. The molecule has 1 aliphatic heterocycles. The van der Waals surface area contributed by atoms with Crippen LogP contribution in [0.2, 0.25) is 0 Å². The number of benzene rings is 2. The average Bonchev–Trinajstić information content (AvgIpc) is 3.59. The summed E-state index contributed by atoms with van der Waals surface area (Å²) in [5.41, 5.74) is 1.66. The molecule has 0 aliphatic carbocycles. The van der Waals surface area contributed by atoms with Crippen LogP contribution in [0, 0.1) is 0 Å². The number of ether oxygens (including phenoxy) is 2. The maximum atomic E-state index is 13.4. The number of para-hydroxylation sites is 1. The fourth-order valence-electron chi connectivity index (χ4n) is 3.76. The predicted octanol–water partition coefficient (Wildman–Crippen LogP) is 4.71. The van der Waals surface area contributed by atoms with Crippen LogP contribution in [0.1, 0.15) is 4.88 Å². The maximum Gasteiger partial charge on any atom is 0.298 e. The van der Waals surface area contributed by atoms with Crippen LogP contribution in [0.5, 0.6) is 11.5 Å². The second kappa shape index (κ2) is 8.54. The second-order valence-electron chi connectivity index (χ2n) is 7.55. The van der Waals surface area contributed by atoms with E-state index in [0.717, 1.165) is 10.3 Å². The first-order valence-corrected chi connectivity index (χ1v) is 12.3. The molecule has 0 unspecified atom stereocenters. The van der Waals surface area contributed by atoms with Crippen LogP contribution in [0.3, 0.4) is 0 Å². The van der Waals surface area contributed by atoms with Crippen molar-refractivity contribution in [1.82, 2.24) is 9.55 Å². The number of nitrogens with zero attached hydrogens (tertiary/aromatic N) is 2. The van der Waals surface area contributed by atoms with E-state index in [9.17, 15) is 9.59 Å². The van der Waals surface area contributed by atoms with Gasteiger partial charge in [0.1, 0.15) is 11.1 Å². The van der Waals surface area contributed by atoms with Gasteiger partial charge in [-0.3, -0.25) is 14.2 Å². The standard InChI is InChI=1S/C24H17N3O5S2/c28-20(25-14-7-8-18-19(10-14)31-13-30-18)12-34-24-26-21-16-5-1-2-6-17(16)32-22(21)23(29)27(24)11-15-4-3-9-33-15/h1-10H,11-13H2,(H,25,28). The molecule has 1 N–H and O–H groups in total. The molecule has 3 aromatic heterocycles. The van der Waals surface area contributed by atoms with Gasteiger partial charge in [-0.05, 0) is 35.7 Å². The molecular weight excluding hydrogens is 474 g/mol. The highest BCUT2D eigenvalue weighted by Crippen LogP contribution is 2.34. The Bertz CT molecular complexity index is 1590. The Morgan fingerprint density at radius 1 is 1.12 bits per heavy atom. The summed E-state index contributed by atoms with van der Waals surface area (Å²) in [6, 6.07) is 16.5. The van der Waals surface area contributed by atoms with Gasteiger partial charge in [-0.2, -0.15) is 0 Å². The molecule has 170 valence electrons. The Labute approximate surface area is 201 Å². The lowest BCUT2D eigenvalue weighted by atomic mass is 10.2. The number of thiophene rings is 1. The number of aromatic nitrogens is 2. The van der Waals surface area contributed by atoms with Gasteiger partial charge in [0.25, 0.3) is 5.56 Å². The van der Waals surface area contributed by atoms with Gasteiger partial charge in [-0.25, -0.2) is 4.98 Å². The van der Waals surface area contributed by atoms with Crippen LogP contribution in [-0.2, 0) is 11.3 Å². The summed E-state index contributed by atoms with van der Waals surface area (Å²) in [6.07, 6.45) is 0. The first-order valence-electron chi connectivity index (χ1n) is 10.4. The number of carbonyl (C=O) groups is 1. The van der Waals surface area contributed by atoms with E-state index in [1.54, 1.807) is 34.1 Å². The maximum absolute atomic E-state index is 13.4. The first kappa shape index (κ1) is 20.8. The summed E-state index contributed by atoms with van der Waals surface area (Å²) in [5.74, 6) is 1.09. The van der Waals surface area contributed by atoms with Crippen LogP contribution >= 0.6 is 23.1 Å². The van der Waals surface area contributed by atoms with Crippen molar-refractivity contribution < 1.29 is 18.7 Å². The molecule has 0 atom stereocenters. The second-order valence-corrected chi connectivity index (χ2v) is 9.52. The third-order valence-corrected chi connectivity index (χ3v) is 7.17. The van der Waals surface area contributed by atoms with Gasteiger partial charge < -0.3 is 19.2 Å². The van der Waals surface area contributed by atoms with E-state index in [0.29, 0.717) is 40.0 Å². The Hall–Kier alpha value is -3.76. The third kappa shape index (κ3) is 3.80. The molecule has 8 nitrogen and oxygen atoms in total. The van der Waals surface area contributed by atoms with Crippen molar-refractivity contribution in [3.05, 3.63) is 75.2 Å². The van der Waals surface area contributed by atoms with Crippen molar-refractivity contribution in [2.24, 2.45) is 0 Å². The van der Waals surface area contributed by atoms with Crippen molar-refractivity contribution in [2.75, 3.05) is 17.9 Å². The molecule has 6 rings (SSSR count). The van der Waals surface area contributed by atoms with Crippen molar-refractivity contribution in [2.45, 2.75) is 11.7 Å².